The Hall–Kier alpha value is -4.46. The van der Waals surface area contributed by atoms with Gasteiger partial charge in [0.05, 0.1) is 33.4 Å². The Balaban J connectivity index is 1.65. The first kappa shape index (κ1) is 23.7. The number of ether oxygens (including phenoxy) is 3. The third kappa shape index (κ3) is 5.55. The van der Waals surface area contributed by atoms with Gasteiger partial charge in [0, 0.05) is 29.2 Å². The maximum atomic E-state index is 13.3. The summed E-state index contributed by atoms with van der Waals surface area (Å²) in [5.74, 6) is 1.77. The van der Waals surface area contributed by atoms with E-state index >= 15 is 0 Å². The van der Waals surface area contributed by atoms with Crippen molar-refractivity contribution in [3.63, 3.8) is 0 Å². The molecular formula is C27H27N3O5. The summed E-state index contributed by atoms with van der Waals surface area (Å²) in [5, 5.41) is 3.68. The SMILES string of the molecule is COc1ccc(NC(=O)N(Cc2ccccc2)Cc2cc3cc(OC)c(OC)cc3[nH]c2=O)cc1. The van der Waals surface area contributed by atoms with Crippen LogP contribution in [0.15, 0.2) is 77.6 Å². The molecule has 0 fully saturated rings. The molecule has 0 aliphatic carbocycles. The molecule has 3 aromatic carbocycles. The number of pyridine rings is 1. The molecule has 0 atom stereocenters. The maximum absolute atomic E-state index is 13.3. The van der Waals surface area contributed by atoms with Crippen molar-refractivity contribution in [2.45, 2.75) is 13.1 Å². The number of urea groups is 1. The van der Waals surface area contributed by atoms with E-state index in [0.29, 0.717) is 40.6 Å². The molecule has 0 unspecified atom stereocenters. The molecule has 2 N–H and O–H groups in total. The lowest BCUT2D eigenvalue weighted by Crippen LogP contribution is -2.35. The Bertz CT molecular complexity index is 1370. The minimum Gasteiger partial charge on any atom is -0.497 e. The number of hydrogen-bond acceptors (Lipinski definition) is 5. The van der Waals surface area contributed by atoms with Crippen LogP contribution in [-0.4, -0.2) is 37.2 Å². The topological polar surface area (TPSA) is 92.9 Å². The molecule has 4 aromatic rings. The number of H-pyrrole nitrogens is 1. The molecule has 0 bridgehead atoms. The molecule has 0 radical (unpaired) electrons. The van der Waals surface area contributed by atoms with Gasteiger partial charge in [-0.1, -0.05) is 30.3 Å². The number of nitrogens with one attached hydrogen (secondary N) is 2. The van der Waals surface area contributed by atoms with Crippen molar-refractivity contribution in [3.8, 4) is 17.2 Å². The fraction of sp³-hybridized carbons (Fsp3) is 0.185. The van der Waals surface area contributed by atoms with Crippen molar-refractivity contribution in [1.82, 2.24) is 9.88 Å². The number of aromatic amines is 1. The molecule has 35 heavy (non-hydrogen) atoms. The van der Waals surface area contributed by atoms with E-state index in [9.17, 15) is 9.59 Å². The smallest absolute Gasteiger partial charge is 0.322 e. The first-order valence-corrected chi connectivity index (χ1v) is 11.0. The van der Waals surface area contributed by atoms with Gasteiger partial charge in [-0.3, -0.25) is 4.79 Å². The van der Waals surface area contributed by atoms with Gasteiger partial charge >= 0.3 is 6.03 Å². The van der Waals surface area contributed by atoms with Crippen LogP contribution in [0.3, 0.4) is 0 Å². The average molecular weight is 474 g/mol. The van der Waals surface area contributed by atoms with Crippen molar-refractivity contribution < 1.29 is 19.0 Å². The lowest BCUT2D eigenvalue weighted by atomic mass is 10.1. The number of anilines is 1. The van der Waals surface area contributed by atoms with Crippen LogP contribution in [-0.2, 0) is 13.1 Å². The van der Waals surface area contributed by atoms with Crippen molar-refractivity contribution >= 4 is 22.6 Å². The number of aromatic nitrogens is 1. The zero-order valence-corrected chi connectivity index (χ0v) is 19.8. The Morgan fingerprint density at radius 3 is 2.20 bits per heavy atom. The summed E-state index contributed by atoms with van der Waals surface area (Å²) in [7, 11) is 4.68. The Morgan fingerprint density at radius 2 is 1.54 bits per heavy atom. The van der Waals surface area contributed by atoms with Crippen LogP contribution < -0.4 is 25.1 Å². The molecule has 180 valence electrons. The highest BCUT2D eigenvalue weighted by Gasteiger charge is 2.18. The largest absolute Gasteiger partial charge is 0.497 e. The molecule has 1 heterocycles. The molecular weight excluding hydrogens is 446 g/mol. The van der Waals surface area contributed by atoms with Crippen molar-refractivity contribution in [3.05, 3.63) is 94.3 Å². The molecule has 0 saturated carbocycles. The number of rotatable bonds is 8. The molecule has 0 aliphatic heterocycles. The summed E-state index contributed by atoms with van der Waals surface area (Å²) in [4.78, 5) is 30.7. The lowest BCUT2D eigenvalue weighted by Gasteiger charge is -2.23. The Kier molecular flexibility index (Phi) is 7.21. The van der Waals surface area contributed by atoms with E-state index in [1.807, 2.05) is 30.3 Å². The van der Waals surface area contributed by atoms with E-state index < -0.39 is 0 Å². The van der Waals surface area contributed by atoms with Gasteiger partial charge in [-0.15, -0.1) is 0 Å². The van der Waals surface area contributed by atoms with Gasteiger partial charge in [-0.25, -0.2) is 4.79 Å². The average Bonchev–Trinajstić information content (AvgIpc) is 2.89. The Morgan fingerprint density at radius 1 is 0.857 bits per heavy atom. The molecule has 8 nitrogen and oxygen atoms in total. The number of carbonyl (C=O) groups excluding carboxylic acids is 1. The predicted molar refractivity (Wildman–Crippen MR) is 135 cm³/mol. The van der Waals surface area contributed by atoms with Crippen LogP contribution in [0.2, 0.25) is 0 Å². The van der Waals surface area contributed by atoms with Crippen LogP contribution in [0.25, 0.3) is 10.9 Å². The van der Waals surface area contributed by atoms with E-state index in [0.717, 1.165) is 10.9 Å². The first-order chi connectivity index (χ1) is 17.0. The zero-order valence-electron chi connectivity index (χ0n) is 19.8. The summed E-state index contributed by atoms with van der Waals surface area (Å²) in [6, 6.07) is 21.7. The van der Waals surface area contributed by atoms with Gasteiger partial charge in [0.2, 0.25) is 0 Å². The molecule has 2 amide bonds. The normalized spacial score (nSPS) is 10.6. The highest BCUT2D eigenvalue weighted by atomic mass is 16.5. The van der Waals surface area contributed by atoms with Crippen LogP contribution in [0.1, 0.15) is 11.1 Å². The second-order valence-corrected chi connectivity index (χ2v) is 7.92. The monoisotopic (exact) mass is 473 g/mol. The van der Waals surface area contributed by atoms with Crippen LogP contribution >= 0.6 is 0 Å². The summed E-state index contributed by atoms with van der Waals surface area (Å²) >= 11 is 0. The summed E-state index contributed by atoms with van der Waals surface area (Å²) in [6.45, 7) is 0.433. The molecule has 0 saturated heterocycles. The fourth-order valence-corrected chi connectivity index (χ4v) is 3.78. The van der Waals surface area contributed by atoms with Crippen molar-refractivity contribution in [2.75, 3.05) is 26.6 Å². The van der Waals surface area contributed by atoms with E-state index in [1.54, 1.807) is 68.7 Å². The van der Waals surface area contributed by atoms with Crippen LogP contribution in [0.4, 0.5) is 10.5 Å². The van der Waals surface area contributed by atoms with Crippen LogP contribution in [0.5, 0.6) is 17.2 Å². The highest BCUT2D eigenvalue weighted by Crippen LogP contribution is 2.31. The molecule has 8 heteroatoms. The summed E-state index contributed by atoms with van der Waals surface area (Å²) in [6.07, 6.45) is 0. The van der Waals surface area contributed by atoms with E-state index in [2.05, 4.69) is 10.3 Å². The van der Waals surface area contributed by atoms with Crippen molar-refractivity contribution in [2.24, 2.45) is 0 Å². The van der Waals surface area contributed by atoms with Gasteiger partial charge in [0.15, 0.2) is 11.5 Å². The predicted octanol–water partition coefficient (Wildman–Crippen LogP) is 4.79. The minimum absolute atomic E-state index is 0.108. The lowest BCUT2D eigenvalue weighted by molar-refractivity contribution is 0.206. The van der Waals surface area contributed by atoms with Gasteiger partial charge in [0.25, 0.3) is 5.56 Å². The van der Waals surface area contributed by atoms with Crippen LogP contribution in [0, 0.1) is 0 Å². The van der Waals surface area contributed by atoms with E-state index in [4.69, 9.17) is 14.2 Å². The summed E-state index contributed by atoms with van der Waals surface area (Å²) < 4.78 is 15.9. The van der Waals surface area contributed by atoms with Gasteiger partial charge in [-0.05, 0) is 42.0 Å². The number of methoxy groups -OCH3 is 3. The summed E-state index contributed by atoms with van der Waals surface area (Å²) in [5.41, 5.74) is 2.36. The molecule has 1 aromatic heterocycles. The zero-order chi connectivity index (χ0) is 24.8. The third-order valence-electron chi connectivity index (χ3n) is 5.63. The fourth-order valence-electron chi connectivity index (χ4n) is 3.78. The van der Waals surface area contributed by atoms with Gasteiger partial charge < -0.3 is 29.4 Å². The number of nitrogens with zero attached hydrogens (tertiary/aromatic N) is 1. The number of carbonyl (C=O) groups is 1. The quantitative estimate of drug-likeness (QED) is 0.384. The second kappa shape index (κ2) is 10.6. The minimum atomic E-state index is -0.328. The van der Waals surface area contributed by atoms with Gasteiger partial charge in [0.1, 0.15) is 5.75 Å². The molecule has 4 rings (SSSR count). The maximum Gasteiger partial charge on any atom is 0.322 e. The number of fused-ring (bicyclic) bond motifs is 1. The molecule has 0 aliphatic rings. The number of benzene rings is 3. The highest BCUT2D eigenvalue weighted by molar-refractivity contribution is 5.89. The van der Waals surface area contributed by atoms with E-state index in [-0.39, 0.29) is 18.1 Å². The Labute approximate surface area is 203 Å². The number of amides is 2. The van der Waals surface area contributed by atoms with Crippen molar-refractivity contribution in [1.29, 1.82) is 0 Å². The van der Waals surface area contributed by atoms with E-state index in [1.165, 1.54) is 0 Å². The first-order valence-electron chi connectivity index (χ1n) is 11.0. The number of hydrogen-bond donors (Lipinski definition) is 2. The standard InChI is InChI=1S/C27H27N3O5/c1-33-22-11-9-21(10-12-22)28-27(32)30(16-18-7-5-4-6-8-18)17-20-13-19-14-24(34-2)25(35-3)15-23(19)29-26(20)31/h4-15H,16-17H2,1-3H3,(H,28,32)(H,29,31). The second-order valence-electron chi connectivity index (χ2n) is 7.92. The molecule has 0 spiro atoms. The third-order valence-corrected chi connectivity index (χ3v) is 5.63. The van der Waals surface area contributed by atoms with Gasteiger partial charge in [-0.2, -0.15) is 0 Å².